The molecule has 0 aliphatic heterocycles. The van der Waals surface area contributed by atoms with E-state index in [-0.39, 0.29) is 18.9 Å². The van der Waals surface area contributed by atoms with Crippen LogP contribution >= 0.6 is 0 Å². The number of nitrogens with zero attached hydrogens (tertiary/aromatic N) is 2. The second kappa shape index (κ2) is 4.32. The molecule has 0 aromatic carbocycles. The van der Waals surface area contributed by atoms with Crippen molar-refractivity contribution in [1.82, 2.24) is 9.38 Å². The van der Waals surface area contributed by atoms with Crippen molar-refractivity contribution in [2.24, 2.45) is 0 Å². The Morgan fingerprint density at radius 2 is 2.38 bits per heavy atom. The number of aliphatic hydroxyl groups excluding tert-OH is 1. The second-order valence-corrected chi connectivity index (χ2v) is 3.38. The molecule has 0 spiro atoms. The fourth-order valence-corrected chi connectivity index (χ4v) is 1.46. The first-order valence-corrected chi connectivity index (χ1v) is 4.95. The van der Waals surface area contributed by atoms with Gasteiger partial charge in [-0.2, -0.15) is 0 Å². The number of rotatable bonds is 3. The van der Waals surface area contributed by atoms with E-state index in [1.54, 1.807) is 6.20 Å². The van der Waals surface area contributed by atoms with E-state index in [9.17, 15) is 4.79 Å². The molecule has 5 heteroatoms. The van der Waals surface area contributed by atoms with Crippen LogP contribution in [0.2, 0.25) is 0 Å². The summed E-state index contributed by atoms with van der Waals surface area (Å²) in [6, 6.07) is 5.62. The fourth-order valence-electron chi connectivity index (χ4n) is 1.46. The Balaban J connectivity index is 2.32. The van der Waals surface area contributed by atoms with E-state index in [1.807, 2.05) is 29.5 Å². The molecule has 0 bridgehead atoms. The van der Waals surface area contributed by atoms with Crippen LogP contribution in [0.25, 0.3) is 5.65 Å². The minimum atomic E-state index is -0.517. The van der Waals surface area contributed by atoms with Gasteiger partial charge in [-0.1, -0.05) is 6.07 Å². The standard InChI is InChI=1S/C11H12N2O3/c1-8-3-2-4-10-12-9(7-13(8)10)11(15)16-6-5-14/h2-4,7,14H,5-6H2,1H3. The van der Waals surface area contributed by atoms with Gasteiger partial charge in [-0.25, -0.2) is 9.78 Å². The highest BCUT2D eigenvalue weighted by atomic mass is 16.5. The lowest BCUT2D eigenvalue weighted by molar-refractivity contribution is 0.0428. The van der Waals surface area contributed by atoms with Gasteiger partial charge in [0.05, 0.1) is 6.61 Å². The van der Waals surface area contributed by atoms with Crippen LogP contribution in [0, 0.1) is 6.92 Å². The van der Waals surface area contributed by atoms with E-state index >= 15 is 0 Å². The van der Waals surface area contributed by atoms with Gasteiger partial charge in [0.1, 0.15) is 12.3 Å². The van der Waals surface area contributed by atoms with E-state index < -0.39 is 5.97 Å². The summed E-state index contributed by atoms with van der Waals surface area (Å²) in [5.74, 6) is -0.517. The Morgan fingerprint density at radius 1 is 1.56 bits per heavy atom. The summed E-state index contributed by atoms with van der Waals surface area (Å²) in [7, 11) is 0. The number of aromatic nitrogens is 2. The minimum Gasteiger partial charge on any atom is -0.458 e. The third-order valence-corrected chi connectivity index (χ3v) is 2.23. The van der Waals surface area contributed by atoms with E-state index in [2.05, 4.69) is 4.98 Å². The lowest BCUT2D eigenvalue weighted by atomic mass is 10.4. The number of imidazole rings is 1. The highest BCUT2D eigenvalue weighted by Gasteiger charge is 2.12. The first kappa shape index (κ1) is 10.6. The molecule has 0 aliphatic carbocycles. The maximum Gasteiger partial charge on any atom is 0.358 e. The smallest absolute Gasteiger partial charge is 0.358 e. The molecule has 2 aromatic rings. The Kier molecular flexibility index (Phi) is 2.87. The molecule has 0 aliphatic rings. The molecule has 0 saturated heterocycles. The quantitative estimate of drug-likeness (QED) is 0.777. The molecule has 0 unspecified atom stereocenters. The molecule has 0 amide bonds. The van der Waals surface area contributed by atoms with Crippen LogP contribution in [0.1, 0.15) is 16.2 Å². The largest absolute Gasteiger partial charge is 0.458 e. The van der Waals surface area contributed by atoms with Crippen LogP contribution in [-0.4, -0.2) is 33.7 Å². The van der Waals surface area contributed by atoms with Crippen LogP contribution in [0.3, 0.4) is 0 Å². The van der Waals surface area contributed by atoms with Crippen molar-refractivity contribution in [1.29, 1.82) is 0 Å². The summed E-state index contributed by atoms with van der Waals surface area (Å²) >= 11 is 0. The second-order valence-electron chi connectivity index (χ2n) is 3.38. The number of carbonyl (C=O) groups is 1. The van der Waals surface area contributed by atoms with Crippen molar-refractivity contribution in [3.63, 3.8) is 0 Å². The summed E-state index contributed by atoms with van der Waals surface area (Å²) in [5.41, 5.74) is 1.95. The van der Waals surface area contributed by atoms with E-state index in [0.717, 1.165) is 5.69 Å². The van der Waals surface area contributed by atoms with Gasteiger partial charge in [0.15, 0.2) is 5.69 Å². The summed E-state index contributed by atoms with van der Waals surface area (Å²) in [6.45, 7) is 1.74. The highest BCUT2D eigenvalue weighted by molar-refractivity contribution is 5.88. The first-order valence-electron chi connectivity index (χ1n) is 4.95. The van der Waals surface area contributed by atoms with Crippen LogP contribution in [-0.2, 0) is 4.74 Å². The van der Waals surface area contributed by atoms with Gasteiger partial charge in [-0.3, -0.25) is 0 Å². The average molecular weight is 220 g/mol. The van der Waals surface area contributed by atoms with Gasteiger partial charge < -0.3 is 14.2 Å². The number of aryl methyl sites for hydroxylation is 1. The lowest BCUT2D eigenvalue weighted by Gasteiger charge is -1.97. The van der Waals surface area contributed by atoms with Crippen molar-refractivity contribution >= 4 is 11.6 Å². The van der Waals surface area contributed by atoms with Crippen LogP contribution in [0.15, 0.2) is 24.4 Å². The molecule has 0 radical (unpaired) electrons. The average Bonchev–Trinajstić information content (AvgIpc) is 2.71. The number of fused-ring (bicyclic) bond motifs is 1. The third-order valence-electron chi connectivity index (χ3n) is 2.23. The molecule has 16 heavy (non-hydrogen) atoms. The zero-order valence-corrected chi connectivity index (χ0v) is 8.88. The van der Waals surface area contributed by atoms with Crippen molar-refractivity contribution in [2.45, 2.75) is 6.92 Å². The Morgan fingerprint density at radius 3 is 3.06 bits per heavy atom. The molecule has 2 rings (SSSR count). The minimum absolute atomic E-state index is 0.00825. The van der Waals surface area contributed by atoms with Crippen molar-refractivity contribution in [3.8, 4) is 0 Å². The maximum atomic E-state index is 11.5. The van der Waals surface area contributed by atoms with Crippen molar-refractivity contribution < 1.29 is 14.6 Å². The summed E-state index contributed by atoms with van der Waals surface area (Å²) < 4.78 is 6.60. The van der Waals surface area contributed by atoms with Gasteiger partial charge in [-0.15, -0.1) is 0 Å². The highest BCUT2D eigenvalue weighted by Crippen LogP contribution is 2.09. The topological polar surface area (TPSA) is 63.8 Å². The van der Waals surface area contributed by atoms with E-state index in [4.69, 9.17) is 9.84 Å². The molecule has 0 atom stereocenters. The zero-order valence-electron chi connectivity index (χ0n) is 8.88. The molecular weight excluding hydrogens is 208 g/mol. The van der Waals surface area contributed by atoms with Gasteiger partial charge >= 0.3 is 5.97 Å². The number of pyridine rings is 1. The molecule has 2 aromatic heterocycles. The van der Waals surface area contributed by atoms with E-state index in [1.165, 1.54) is 0 Å². The monoisotopic (exact) mass is 220 g/mol. The van der Waals surface area contributed by atoms with Gasteiger partial charge in [0, 0.05) is 11.9 Å². The molecule has 2 heterocycles. The molecule has 1 N–H and O–H groups in total. The molecule has 0 fully saturated rings. The summed E-state index contributed by atoms with van der Waals surface area (Å²) in [6.07, 6.45) is 1.63. The van der Waals surface area contributed by atoms with Crippen molar-refractivity contribution in [3.05, 3.63) is 35.8 Å². The van der Waals surface area contributed by atoms with Crippen LogP contribution in [0.4, 0.5) is 0 Å². The predicted molar refractivity (Wildman–Crippen MR) is 57.3 cm³/mol. The number of esters is 1. The number of carbonyl (C=O) groups excluding carboxylic acids is 1. The molecule has 0 saturated carbocycles. The lowest BCUT2D eigenvalue weighted by Crippen LogP contribution is -2.08. The normalized spacial score (nSPS) is 10.6. The maximum absolute atomic E-state index is 11.5. The van der Waals surface area contributed by atoms with Gasteiger partial charge in [0.25, 0.3) is 0 Å². The van der Waals surface area contributed by atoms with Gasteiger partial charge in [0.2, 0.25) is 0 Å². The van der Waals surface area contributed by atoms with E-state index in [0.29, 0.717) is 5.65 Å². The zero-order chi connectivity index (χ0) is 11.5. The first-order chi connectivity index (χ1) is 7.72. The molecule has 5 nitrogen and oxygen atoms in total. The number of ether oxygens (including phenoxy) is 1. The third kappa shape index (κ3) is 1.90. The number of hydrogen-bond donors (Lipinski definition) is 1. The Labute approximate surface area is 92.3 Å². The predicted octanol–water partition coefficient (Wildman–Crippen LogP) is 0.792. The Hall–Kier alpha value is -1.88. The summed E-state index contributed by atoms with van der Waals surface area (Å²) in [5, 5.41) is 8.54. The SMILES string of the molecule is Cc1cccc2nc(C(=O)OCCO)cn12. The van der Waals surface area contributed by atoms with Gasteiger partial charge in [-0.05, 0) is 19.1 Å². The number of hydrogen-bond acceptors (Lipinski definition) is 4. The molecule has 84 valence electrons. The Bertz CT molecular complexity index is 519. The van der Waals surface area contributed by atoms with Crippen molar-refractivity contribution in [2.75, 3.05) is 13.2 Å². The number of aliphatic hydroxyl groups is 1. The van der Waals surface area contributed by atoms with Crippen LogP contribution in [0.5, 0.6) is 0 Å². The molecular formula is C11H12N2O3. The van der Waals surface area contributed by atoms with Crippen LogP contribution < -0.4 is 0 Å². The fraction of sp³-hybridized carbons (Fsp3) is 0.273. The summed E-state index contributed by atoms with van der Waals surface area (Å²) in [4.78, 5) is 15.6.